The number of nitrogens with zero attached hydrogens (tertiary/aromatic N) is 2. The Morgan fingerprint density at radius 1 is 0.933 bits per heavy atom. The highest BCUT2D eigenvalue weighted by atomic mass is 16.5. The molecular formula is C26H26N2O2. The summed E-state index contributed by atoms with van der Waals surface area (Å²) in [7, 11) is 1.64. The van der Waals surface area contributed by atoms with Gasteiger partial charge in [0.25, 0.3) is 0 Å². The summed E-state index contributed by atoms with van der Waals surface area (Å²) in [5.74, 6) is 0.769. The Balaban J connectivity index is 1.78. The molecule has 1 heterocycles. The molecule has 2 unspecified atom stereocenters. The van der Waals surface area contributed by atoms with E-state index in [1.54, 1.807) is 7.11 Å². The third-order valence-electron chi connectivity index (χ3n) is 5.59. The van der Waals surface area contributed by atoms with E-state index in [0.717, 1.165) is 22.6 Å². The Hall–Kier alpha value is -3.53. The second kappa shape index (κ2) is 8.87. The maximum absolute atomic E-state index is 13.7. The zero-order valence-electron chi connectivity index (χ0n) is 17.1. The lowest BCUT2D eigenvalue weighted by Gasteiger charge is -2.28. The van der Waals surface area contributed by atoms with Gasteiger partial charge in [-0.3, -0.25) is 4.90 Å². The smallest absolute Gasteiger partial charge is 0.325 e. The van der Waals surface area contributed by atoms with Crippen molar-refractivity contribution in [2.45, 2.75) is 25.0 Å². The van der Waals surface area contributed by atoms with Crippen LogP contribution < -0.4 is 9.64 Å². The van der Waals surface area contributed by atoms with Crippen LogP contribution in [0.15, 0.2) is 97.6 Å². The Morgan fingerprint density at radius 3 is 2.17 bits per heavy atom. The molecule has 4 rings (SSSR count). The van der Waals surface area contributed by atoms with Crippen molar-refractivity contribution >= 4 is 11.7 Å². The molecule has 0 aliphatic carbocycles. The van der Waals surface area contributed by atoms with Gasteiger partial charge in [-0.15, -0.1) is 6.58 Å². The predicted molar refractivity (Wildman–Crippen MR) is 121 cm³/mol. The molecule has 1 aliphatic heterocycles. The third-order valence-corrected chi connectivity index (χ3v) is 5.59. The highest BCUT2D eigenvalue weighted by molar-refractivity contribution is 5.96. The molecule has 2 amide bonds. The van der Waals surface area contributed by atoms with Crippen LogP contribution in [-0.2, 0) is 6.54 Å². The first-order valence-corrected chi connectivity index (χ1v) is 10.2. The lowest BCUT2D eigenvalue weighted by molar-refractivity contribution is 0.199. The highest BCUT2D eigenvalue weighted by Gasteiger charge is 2.46. The minimum atomic E-state index is -0.103. The van der Waals surface area contributed by atoms with Crippen LogP contribution in [0, 0.1) is 0 Å². The largest absolute Gasteiger partial charge is 0.497 e. The molecule has 152 valence electrons. The van der Waals surface area contributed by atoms with E-state index >= 15 is 0 Å². The van der Waals surface area contributed by atoms with E-state index in [1.165, 1.54) is 0 Å². The number of anilines is 1. The number of methoxy groups -OCH3 is 1. The summed E-state index contributed by atoms with van der Waals surface area (Å²) < 4.78 is 5.30. The van der Waals surface area contributed by atoms with Crippen LogP contribution in [0.4, 0.5) is 10.5 Å². The number of amides is 2. The molecule has 3 aromatic rings. The molecule has 4 heteroatoms. The van der Waals surface area contributed by atoms with Crippen LogP contribution in [0.2, 0.25) is 0 Å². The van der Waals surface area contributed by atoms with Gasteiger partial charge in [-0.05, 0) is 41.8 Å². The molecule has 1 aliphatic rings. The van der Waals surface area contributed by atoms with Crippen molar-refractivity contribution in [3.8, 4) is 5.75 Å². The van der Waals surface area contributed by atoms with Crippen molar-refractivity contribution in [3.63, 3.8) is 0 Å². The van der Waals surface area contributed by atoms with Gasteiger partial charge in [-0.1, -0.05) is 66.7 Å². The van der Waals surface area contributed by atoms with Gasteiger partial charge in [0, 0.05) is 12.2 Å². The SMILES string of the molecule is C=CCC1C(c2ccccc2)N(c2ccc(OC)cc2)C(=O)N1Cc1ccccc1. The first-order chi connectivity index (χ1) is 14.7. The fourth-order valence-electron chi connectivity index (χ4n) is 4.17. The summed E-state index contributed by atoms with van der Waals surface area (Å²) in [5.41, 5.74) is 3.09. The lowest BCUT2D eigenvalue weighted by Crippen LogP contribution is -2.34. The highest BCUT2D eigenvalue weighted by Crippen LogP contribution is 2.41. The number of carbonyl (C=O) groups excluding carboxylic acids is 1. The van der Waals surface area contributed by atoms with E-state index in [1.807, 2.05) is 76.5 Å². The van der Waals surface area contributed by atoms with E-state index < -0.39 is 0 Å². The minimum Gasteiger partial charge on any atom is -0.497 e. The number of urea groups is 1. The summed E-state index contributed by atoms with van der Waals surface area (Å²) in [6, 6.07) is 27.9. The maximum Gasteiger partial charge on any atom is 0.325 e. The number of ether oxygens (including phenoxy) is 1. The van der Waals surface area contributed by atoms with E-state index in [2.05, 4.69) is 30.8 Å². The normalized spacial score (nSPS) is 18.5. The Kier molecular flexibility index (Phi) is 5.84. The zero-order chi connectivity index (χ0) is 20.9. The van der Waals surface area contributed by atoms with Crippen molar-refractivity contribution in [1.29, 1.82) is 0 Å². The van der Waals surface area contributed by atoms with Crippen LogP contribution in [0.5, 0.6) is 5.75 Å². The van der Waals surface area contributed by atoms with Crippen LogP contribution in [0.3, 0.4) is 0 Å². The average molecular weight is 399 g/mol. The van der Waals surface area contributed by atoms with Gasteiger partial charge in [0.05, 0.1) is 19.2 Å². The Labute approximate surface area is 178 Å². The van der Waals surface area contributed by atoms with Crippen molar-refractivity contribution < 1.29 is 9.53 Å². The molecule has 0 saturated carbocycles. The van der Waals surface area contributed by atoms with Gasteiger partial charge < -0.3 is 9.64 Å². The topological polar surface area (TPSA) is 32.8 Å². The van der Waals surface area contributed by atoms with Crippen molar-refractivity contribution in [3.05, 3.63) is 109 Å². The minimum absolute atomic E-state index is 0.00437. The number of benzene rings is 3. The average Bonchev–Trinajstić information content (AvgIpc) is 3.07. The Bertz CT molecular complexity index is 987. The first kappa shape index (κ1) is 19.8. The number of hydrogen-bond donors (Lipinski definition) is 0. The molecule has 0 N–H and O–H groups in total. The zero-order valence-corrected chi connectivity index (χ0v) is 17.1. The molecule has 0 radical (unpaired) electrons. The van der Waals surface area contributed by atoms with E-state index in [9.17, 15) is 4.79 Å². The summed E-state index contributed by atoms with van der Waals surface area (Å²) in [6.07, 6.45) is 2.62. The van der Waals surface area contributed by atoms with Gasteiger partial charge in [0.2, 0.25) is 0 Å². The number of rotatable bonds is 7. The molecular weight excluding hydrogens is 372 g/mol. The second-order valence-electron chi connectivity index (χ2n) is 7.41. The molecule has 4 nitrogen and oxygen atoms in total. The monoisotopic (exact) mass is 398 g/mol. The van der Waals surface area contributed by atoms with E-state index in [4.69, 9.17) is 4.74 Å². The molecule has 2 atom stereocenters. The fraction of sp³-hybridized carbons (Fsp3) is 0.192. The van der Waals surface area contributed by atoms with Crippen LogP contribution >= 0.6 is 0 Å². The number of hydrogen-bond acceptors (Lipinski definition) is 2. The predicted octanol–water partition coefficient (Wildman–Crippen LogP) is 5.82. The molecule has 0 bridgehead atoms. The molecule has 30 heavy (non-hydrogen) atoms. The van der Waals surface area contributed by atoms with Crippen LogP contribution in [0.1, 0.15) is 23.6 Å². The molecule has 1 saturated heterocycles. The Morgan fingerprint density at radius 2 is 1.57 bits per heavy atom. The van der Waals surface area contributed by atoms with Gasteiger partial charge in [-0.2, -0.15) is 0 Å². The van der Waals surface area contributed by atoms with Crippen LogP contribution in [-0.4, -0.2) is 24.1 Å². The maximum atomic E-state index is 13.7. The third kappa shape index (κ3) is 3.81. The van der Waals surface area contributed by atoms with Crippen molar-refractivity contribution in [1.82, 2.24) is 4.90 Å². The van der Waals surface area contributed by atoms with Crippen LogP contribution in [0.25, 0.3) is 0 Å². The summed E-state index contributed by atoms with van der Waals surface area (Å²) >= 11 is 0. The van der Waals surface area contributed by atoms with Gasteiger partial charge >= 0.3 is 6.03 Å². The molecule has 0 spiro atoms. The standard InChI is InChI=1S/C26H26N2O2/c1-3-10-24-25(21-13-8-5-9-14-21)28(22-15-17-23(30-2)18-16-22)26(29)27(24)19-20-11-6-4-7-12-20/h3-9,11-18,24-25H,1,10,19H2,2H3. The quantitative estimate of drug-likeness (QED) is 0.470. The van der Waals surface area contributed by atoms with E-state index in [-0.39, 0.29) is 18.1 Å². The van der Waals surface area contributed by atoms with Gasteiger partial charge in [0.15, 0.2) is 0 Å². The molecule has 0 aromatic heterocycles. The fourth-order valence-corrected chi connectivity index (χ4v) is 4.17. The van der Waals surface area contributed by atoms with Crippen molar-refractivity contribution in [2.75, 3.05) is 12.0 Å². The van der Waals surface area contributed by atoms with E-state index in [0.29, 0.717) is 13.0 Å². The lowest BCUT2D eigenvalue weighted by atomic mass is 9.96. The first-order valence-electron chi connectivity index (χ1n) is 10.2. The summed E-state index contributed by atoms with van der Waals surface area (Å²) in [4.78, 5) is 17.6. The van der Waals surface area contributed by atoms with Crippen molar-refractivity contribution in [2.24, 2.45) is 0 Å². The summed E-state index contributed by atoms with van der Waals surface area (Å²) in [5, 5.41) is 0. The summed E-state index contributed by atoms with van der Waals surface area (Å²) in [6.45, 7) is 4.53. The van der Waals surface area contributed by atoms with Gasteiger partial charge in [0.1, 0.15) is 5.75 Å². The number of carbonyl (C=O) groups is 1. The second-order valence-corrected chi connectivity index (χ2v) is 7.41. The molecule has 1 fully saturated rings. The van der Waals surface area contributed by atoms with Gasteiger partial charge in [-0.25, -0.2) is 4.79 Å². The molecule has 3 aromatic carbocycles.